The van der Waals surface area contributed by atoms with Crippen molar-refractivity contribution in [1.82, 2.24) is 9.97 Å². The Morgan fingerprint density at radius 1 is 1.21 bits per heavy atom. The lowest BCUT2D eigenvalue weighted by Gasteiger charge is -2.12. The molecule has 19 heavy (non-hydrogen) atoms. The molecule has 0 aliphatic rings. The average molecular weight is 257 g/mol. The van der Waals surface area contributed by atoms with Crippen LogP contribution in [0.2, 0.25) is 0 Å². The predicted octanol–water partition coefficient (Wildman–Crippen LogP) is 2.78. The Hall–Kier alpha value is -2.10. The highest BCUT2D eigenvalue weighted by atomic mass is 16.5. The Morgan fingerprint density at radius 2 is 1.89 bits per heavy atom. The van der Waals surface area contributed by atoms with Crippen molar-refractivity contribution in [2.24, 2.45) is 0 Å². The van der Waals surface area contributed by atoms with Gasteiger partial charge in [0.05, 0.1) is 25.2 Å². The summed E-state index contributed by atoms with van der Waals surface area (Å²) in [6.07, 6.45) is 3.90. The molecule has 0 radical (unpaired) electrons. The van der Waals surface area contributed by atoms with Crippen molar-refractivity contribution in [3.8, 4) is 5.75 Å². The van der Waals surface area contributed by atoms with Gasteiger partial charge in [0, 0.05) is 12.0 Å². The number of ether oxygens (including phenoxy) is 1. The van der Waals surface area contributed by atoms with Crippen LogP contribution in [0, 0.1) is 0 Å². The van der Waals surface area contributed by atoms with Crippen LogP contribution in [0.15, 0.2) is 30.6 Å². The fourth-order valence-electron chi connectivity index (χ4n) is 1.92. The van der Waals surface area contributed by atoms with E-state index in [1.807, 2.05) is 6.07 Å². The lowest BCUT2D eigenvalue weighted by Crippen LogP contribution is -2.01. The van der Waals surface area contributed by atoms with E-state index in [1.54, 1.807) is 19.5 Å². The summed E-state index contributed by atoms with van der Waals surface area (Å²) in [6, 6.07) is 6.25. The molecule has 0 amide bonds. The van der Waals surface area contributed by atoms with Gasteiger partial charge in [0.2, 0.25) is 0 Å². The molecule has 1 aromatic heterocycles. The molecular weight excluding hydrogens is 238 g/mol. The number of aromatic nitrogens is 2. The lowest BCUT2D eigenvalue weighted by molar-refractivity contribution is 0.410. The molecule has 0 aliphatic heterocycles. The number of hydrogen-bond donors (Lipinski definition) is 1. The second-order valence-electron chi connectivity index (χ2n) is 4.84. The van der Waals surface area contributed by atoms with Crippen LogP contribution >= 0.6 is 0 Å². The van der Waals surface area contributed by atoms with E-state index < -0.39 is 0 Å². The molecule has 4 nitrogen and oxygen atoms in total. The van der Waals surface area contributed by atoms with E-state index in [4.69, 9.17) is 10.5 Å². The van der Waals surface area contributed by atoms with Gasteiger partial charge in [-0.2, -0.15) is 0 Å². The fourth-order valence-corrected chi connectivity index (χ4v) is 1.92. The fraction of sp³-hybridized carbons (Fsp3) is 0.333. The summed E-state index contributed by atoms with van der Waals surface area (Å²) in [6.45, 7) is 4.34. The van der Waals surface area contributed by atoms with Crippen molar-refractivity contribution in [2.75, 3.05) is 12.8 Å². The molecule has 100 valence electrons. The van der Waals surface area contributed by atoms with E-state index in [-0.39, 0.29) is 0 Å². The van der Waals surface area contributed by atoms with Crippen molar-refractivity contribution in [2.45, 2.75) is 26.2 Å². The number of rotatable bonds is 4. The molecule has 0 unspecified atom stereocenters. The molecule has 2 N–H and O–H groups in total. The third kappa shape index (κ3) is 3.22. The van der Waals surface area contributed by atoms with Crippen LogP contribution in [-0.4, -0.2) is 17.1 Å². The van der Waals surface area contributed by atoms with E-state index in [1.165, 1.54) is 5.56 Å². The van der Waals surface area contributed by atoms with Gasteiger partial charge in [-0.05, 0) is 17.5 Å². The molecule has 2 aromatic rings. The molecule has 0 saturated carbocycles. The molecule has 0 fully saturated rings. The van der Waals surface area contributed by atoms with E-state index >= 15 is 0 Å². The summed E-state index contributed by atoms with van der Waals surface area (Å²) in [4.78, 5) is 8.46. The smallest absolute Gasteiger partial charge is 0.132 e. The minimum absolute atomic E-state index is 0.483. The normalized spacial score (nSPS) is 10.7. The molecule has 0 spiro atoms. The highest BCUT2D eigenvalue weighted by Gasteiger charge is 2.09. The Balaban J connectivity index is 2.31. The first-order valence-electron chi connectivity index (χ1n) is 6.33. The number of benzene rings is 1. The number of nitrogens with zero attached hydrogens (tertiary/aromatic N) is 2. The van der Waals surface area contributed by atoms with Gasteiger partial charge >= 0.3 is 0 Å². The number of nitrogens with two attached hydrogens (primary N) is 1. The number of anilines is 1. The van der Waals surface area contributed by atoms with E-state index in [9.17, 15) is 0 Å². The topological polar surface area (TPSA) is 61.0 Å². The summed E-state index contributed by atoms with van der Waals surface area (Å²) in [5.74, 6) is 2.09. The monoisotopic (exact) mass is 257 g/mol. The first kappa shape index (κ1) is 13.3. The number of methoxy groups -OCH3 is 1. The van der Waals surface area contributed by atoms with E-state index in [2.05, 4.69) is 35.9 Å². The molecule has 0 saturated heterocycles. The van der Waals surface area contributed by atoms with Crippen LogP contribution in [0.5, 0.6) is 5.75 Å². The molecule has 4 heteroatoms. The standard InChI is InChI=1S/C15H19N3O/c1-10(2)11-4-5-14(19-3)12(6-11)7-15-17-8-13(16)9-18-15/h4-6,8-10H,7,16H2,1-3H3. The summed E-state index contributed by atoms with van der Waals surface area (Å²) < 4.78 is 5.40. The minimum atomic E-state index is 0.483. The first-order chi connectivity index (χ1) is 9.10. The zero-order chi connectivity index (χ0) is 13.8. The summed E-state index contributed by atoms with van der Waals surface area (Å²) in [5, 5.41) is 0. The highest BCUT2D eigenvalue weighted by molar-refractivity contribution is 5.40. The van der Waals surface area contributed by atoms with Crippen molar-refractivity contribution in [1.29, 1.82) is 0 Å². The SMILES string of the molecule is COc1ccc(C(C)C)cc1Cc1ncc(N)cn1. The molecule has 0 aliphatic carbocycles. The van der Waals surface area contributed by atoms with Crippen LogP contribution in [0.3, 0.4) is 0 Å². The van der Waals surface area contributed by atoms with Gasteiger partial charge in [-0.25, -0.2) is 9.97 Å². The zero-order valence-corrected chi connectivity index (χ0v) is 11.6. The second-order valence-corrected chi connectivity index (χ2v) is 4.84. The van der Waals surface area contributed by atoms with Gasteiger partial charge in [-0.3, -0.25) is 0 Å². The van der Waals surface area contributed by atoms with Crippen LogP contribution in [0.25, 0.3) is 0 Å². The molecule has 2 rings (SSSR count). The quantitative estimate of drug-likeness (QED) is 0.915. The summed E-state index contributed by atoms with van der Waals surface area (Å²) >= 11 is 0. The lowest BCUT2D eigenvalue weighted by atomic mass is 9.99. The van der Waals surface area contributed by atoms with Gasteiger partial charge in [0.1, 0.15) is 11.6 Å². The second kappa shape index (κ2) is 5.69. The summed E-state index contributed by atoms with van der Waals surface area (Å²) in [7, 11) is 1.68. The van der Waals surface area contributed by atoms with Gasteiger partial charge in [-0.1, -0.05) is 26.0 Å². The maximum Gasteiger partial charge on any atom is 0.132 e. The van der Waals surface area contributed by atoms with Gasteiger partial charge in [-0.15, -0.1) is 0 Å². The molecular formula is C15H19N3O. The number of hydrogen-bond acceptors (Lipinski definition) is 4. The Bertz CT molecular complexity index is 550. The van der Waals surface area contributed by atoms with Gasteiger partial charge in [0.15, 0.2) is 0 Å². The van der Waals surface area contributed by atoms with Crippen molar-refractivity contribution < 1.29 is 4.74 Å². The average Bonchev–Trinajstić information content (AvgIpc) is 2.41. The Morgan fingerprint density at radius 3 is 2.47 bits per heavy atom. The first-order valence-corrected chi connectivity index (χ1v) is 6.33. The van der Waals surface area contributed by atoms with Crippen molar-refractivity contribution in [3.63, 3.8) is 0 Å². The molecule has 0 bridgehead atoms. The van der Waals surface area contributed by atoms with E-state index in [0.717, 1.165) is 17.1 Å². The Labute approximate surface area is 113 Å². The predicted molar refractivity (Wildman–Crippen MR) is 76.3 cm³/mol. The van der Waals surface area contributed by atoms with Gasteiger partial charge in [0.25, 0.3) is 0 Å². The largest absolute Gasteiger partial charge is 0.496 e. The van der Waals surface area contributed by atoms with Gasteiger partial charge < -0.3 is 10.5 Å². The highest BCUT2D eigenvalue weighted by Crippen LogP contribution is 2.25. The third-order valence-corrected chi connectivity index (χ3v) is 3.04. The van der Waals surface area contributed by atoms with Crippen LogP contribution < -0.4 is 10.5 Å². The maximum absolute atomic E-state index is 5.59. The summed E-state index contributed by atoms with van der Waals surface area (Å²) in [5.41, 5.74) is 8.55. The van der Waals surface area contributed by atoms with Crippen LogP contribution in [0.4, 0.5) is 5.69 Å². The van der Waals surface area contributed by atoms with Crippen LogP contribution in [0.1, 0.15) is 36.7 Å². The molecule has 0 atom stereocenters. The van der Waals surface area contributed by atoms with Crippen molar-refractivity contribution >= 4 is 5.69 Å². The Kier molecular flexibility index (Phi) is 4.00. The molecule has 1 aromatic carbocycles. The third-order valence-electron chi connectivity index (χ3n) is 3.04. The van der Waals surface area contributed by atoms with Crippen LogP contribution in [-0.2, 0) is 6.42 Å². The number of nitrogen functional groups attached to an aromatic ring is 1. The van der Waals surface area contributed by atoms with E-state index in [0.29, 0.717) is 18.0 Å². The zero-order valence-electron chi connectivity index (χ0n) is 11.6. The minimum Gasteiger partial charge on any atom is -0.496 e. The maximum atomic E-state index is 5.59. The van der Waals surface area contributed by atoms with Crippen molar-refractivity contribution in [3.05, 3.63) is 47.5 Å². The molecule has 1 heterocycles.